The van der Waals surface area contributed by atoms with Gasteiger partial charge in [-0.15, -0.1) is 0 Å². The molecule has 0 aliphatic carbocycles. The molecule has 0 bridgehead atoms. The van der Waals surface area contributed by atoms with Gasteiger partial charge in [-0.25, -0.2) is 0 Å². The Morgan fingerprint density at radius 2 is 1.60 bits per heavy atom. The number of halogens is 3. The summed E-state index contributed by atoms with van der Waals surface area (Å²) in [6.45, 7) is 3.44. The third kappa shape index (κ3) is 14.8. The van der Waals surface area contributed by atoms with Crippen molar-refractivity contribution >= 4 is 11.6 Å². The van der Waals surface area contributed by atoms with Crippen LogP contribution >= 0.6 is 0 Å². The maximum Gasteiger partial charge on any atom is 0.386 e. The molecule has 1 heterocycles. The summed E-state index contributed by atoms with van der Waals surface area (Å²) >= 11 is 0. The molecular weight excluding hydrogens is 407 g/mol. The number of carbonyl (C=O) groups is 1. The molecule has 0 unspecified atom stereocenters. The van der Waals surface area contributed by atoms with E-state index in [9.17, 15) is 23.1 Å². The number of rotatable bonds is 5. The van der Waals surface area contributed by atoms with Gasteiger partial charge < -0.3 is 15.2 Å². The molecule has 0 aliphatic heterocycles. The number of aliphatic hydroxyl groups is 1. The van der Waals surface area contributed by atoms with Gasteiger partial charge in [0.15, 0.2) is 12.6 Å². The number of ether oxygens (including phenoxy) is 1. The quantitative estimate of drug-likeness (QED) is 0.552. The number of amides is 1. The summed E-state index contributed by atoms with van der Waals surface area (Å²) in [5.41, 5.74) is 0.0592. The average Bonchev–Trinajstić information content (AvgIpc) is 2.60. The fraction of sp³-hybridized carbons (Fsp3) is 0.368. The van der Waals surface area contributed by atoms with Gasteiger partial charge >= 0.3 is 6.18 Å². The minimum absolute atomic E-state index is 0.132. The number of benzene rings is 1. The van der Waals surface area contributed by atoms with E-state index in [2.05, 4.69) is 10.3 Å². The van der Waals surface area contributed by atoms with E-state index in [1.165, 1.54) is 6.92 Å². The lowest BCUT2D eigenvalue weighted by Crippen LogP contribution is -2.45. The van der Waals surface area contributed by atoms with Crippen molar-refractivity contribution in [3.05, 3.63) is 64.5 Å². The minimum Gasteiger partial charge on any atom is -0.490 e. The van der Waals surface area contributed by atoms with E-state index >= 15 is 0 Å². The van der Waals surface area contributed by atoms with Crippen molar-refractivity contribution in [2.24, 2.45) is 0 Å². The average molecular weight is 431 g/mol. The molecule has 1 aromatic carbocycles. The predicted molar refractivity (Wildman–Crippen MR) is 105 cm³/mol. The van der Waals surface area contributed by atoms with Crippen molar-refractivity contribution in [1.82, 2.24) is 4.98 Å². The van der Waals surface area contributed by atoms with Gasteiger partial charge in [0.05, 0.1) is 0 Å². The number of anilines is 1. The fourth-order valence-electron chi connectivity index (χ4n) is 1.62. The molecule has 1 aromatic heterocycles. The highest BCUT2D eigenvalue weighted by Crippen LogP contribution is 2.16. The van der Waals surface area contributed by atoms with Gasteiger partial charge in [0, 0.05) is 29.9 Å². The molecule has 1 amide bonds. The summed E-state index contributed by atoms with van der Waals surface area (Å²) in [5.74, 6) is 0.0818. The van der Waals surface area contributed by atoms with Crippen molar-refractivity contribution in [1.29, 1.82) is 0 Å². The zero-order valence-corrected chi connectivity index (χ0v) is 16.9. The first kappa shape index (κ1) is 26.8. The molecule has 2 rings (SSSR count). The molecule has 1 atom stereocenters. The van der Waals surface area contributed by atoms with Crippen LogP contribution < -0.4 is 10.1 Å². The van der Waals surface area contributed by atoms with Crippen LogP contribution in [0.5, 0.6) is 5.75 Å². The smallest absolute Gasteiger partial charge is 0.386 e. The Balaban J connectivity index is 0.000000789. The summed E-state index contributed by atoms with van der Waals surface area (Å²) in [7, 11) is 0.889. The first-order chi connectivity index (χ1) is 13.7. The first-order valence-electron chi connectivity index (χ1n) is 8.49. The predicted octanol–water partition coefficient (Wildman–Crippen LogP) is 3.62. The van der Waals surface area contributed by atoms with Gasteiger partial charge in [0.2, 0.25) is 0 Å². The monoisotopic (exact) mass is 431 g/mol. The molecule has 166 valence electrons. The lowest BCUT2D eigenvalue weighted by atomic mass is 10.1. The number of carbonyl (C=O) groups excluding carboxylic acids is 1. The molecule has 0 fully saturated rings. The summed E-state index contributed by atoms with van der Waals surface area (Å²) in [5, 5.41) is 21.6. The van der Waals surface area contributed by atoms with Crippen LogP contribution in [0.1, 0.15) is 19.4 Å². The molecular formula is C19H24F3N3O5. The maximum atomic E-state index is 12.0. The van der Waals surface area contributed by atoms with Crippen LogP contribution in [-0.2, 0) is 4.79 Å². The molecule has 0 radical (unpaired) electrons. The number of nitrogens with zero attached hydrogens (tertiary/aromatic N) is 2. The number of hydrogen-bond acceptors (Lipinski definition) is 6. The van der Waals surface area contributed by atoms with Crippen LogP contribution in [0.15, 0.2) is 48.8 Å². The Labute approximate surface area is 171 Å². The molecule has 11 heteroatoms. The number of pyridine rings is 1. The second kappa shape index (κ2) is 12.4. The molecule has 0 saturated carbocycles. The summed E-state index contributed by atoms with van der Waals surface area (Å²) in [6.07, 6.45) is -0.875. The third-order valence-corrected chi connectivity index (χ3v) is 2.97. The van der Waals surface area contributed by atoms with Crippen molar-refractivity contribution in [2.45, 2.75) is 32.5 Å². The highest BCUT2D eigenvalue weighted by atomic mass is 19.4. The van der Waals surface area contributed by atoms with E-state index in [1.807, 2.05) is 19.1 Å². The van der Waals surface area contributed by atoms with Gasteiger partial charge in [-0.2, -0.15) is 13.2 Å². The molecule has 2 aromatic rings. The van der Waals surface area contributed by atoms with E-state index in [1.54, 1.807) is 36.7 Å². The second-order valence-corrected chi connectivity index (χ2v) is 6.29. The number of aryl methyl sites for hydroxylation is 1. The van der Waals surface area contributed by atoms with Gasteiger partial charge in [-0.05, 0) is 38.1 Å². The number of hydrogen-bond donors (Lipinski definition) is 2. The molecule has 0 spiro atoms. The van der Waals surface area contributed by atoms with Crippen molar-refractivity contribution in [3.8, 4) is 5.75 Å². The lowest BCUT2D eigenvalue weighted by Gasteiger charge is -2.22. The second-order valence-electron chi connectivity index (χ2n) is 6.29. The van der Waals surface area contributed by atoms with Crippen LogP contribution in [0.2, 0.25) is 0 Å². The van der Waals surface area contributed by atoms with Gasteiger partial charge in [0.25, 0.3) is 5.91 Å². The van der Waals surface area contributed by atoms with Gasteiger partial charge in [0.1, 0.15) is 12.4 Å². The van der Waals surface area contributed by atoms with Crippen molar-refractivity contribution in [2.75, 3.05) is 19.0 Å². The Morgan fingerprint density at radius 3 is 2.03 bits per heavy atom. The van der Waals surface area contributed by atoms with Crippen molar-refractivity contribution < 1.29 is 32.7 Å². The topological polar surface area (TPSA) is 115 Å². The Morgan fingerprint density at radius 1 is 1.17 bits per heavy atom. The normalized spacial score (nSPS) is 12.1. The molecule has 0 saturated heterocycles. The standard InChI is InChI=1S/C16H18N2O3.C2H3F3.CH3NO2/c1-12-3-5-14(6-4-12)21-11-16(2,20)15(19)18-13-7-9-17-10-8-13;1-2(3,4)5;1-2(3)4/h3-10,20H,11H2,1-2H3,(H,17,18,19);1H3;1H3/t16-;;/m0../s1. The SMILES string of the molecule is CC(F)(F)F.C[N+](=O)[O-].Cc1ccc(OC[C@](C)(O)C(=O)Nc2ccncc2)cc1. The summed E-state index contributed by atoms with van der Waals surface area (Å²) in [4.78, 5) is 24.2. The maximum absolute atomic E-state index is 12.0. The Kier molecular flexibility index (Phi) is 11.0. The zero-order valence-electron chi connectivity index (χ0n) is 16.9. The number of alkyl halides is 3. The number of aromatic nitrogens is 1. The number of nitro groups is 1. The fourth-order valence-corrected chi connectivity index (χ4v) is 1.62. The first-order valence-corrected chi connectivity index (χ1v) is 8.49. The minimum atomic E-state index is -4.00. The molecule has 0 aliphatic rings. The molecule has 8 nitrogen and oxygen atoms in total. The Bertz CT molecular complexity index is 772. The summed E-state index contributed by atoms with van der Waals surface area (Å²) < 4.78 is 36.5. The van der Waals surface area contributed by atoms with E-state index < -0.39 is 22.6 Å². The highest BCUT2D eigenvalue weighted by Gasteiger charge is 2.31. The van der Waals surface area contributed by atoms with E-state index in [-0.39, 0.29) is 13.5 Å². The largest absolute Gasteiger partial charge is 0.490 e. The number of nitrogens with one attached hydrogen (secondary N) is 1. The van der Waals surface area contributed by atoms with Gasteiger partial charge in [-0.3, -0.25) is 19.9 Å². The van der Waals surface area contributed by atoms with Crippen LogP contribution in [0.4, 0.5) is 18.9 Å². The lowest BCUT2D eigenvalue weighted by molar-refractivity contribution is -0.445. The molecule has 30 heavy (non-hydrogen) atoms. The molecule has 2 N–H and O–H groups in total. The summed E-state index contributed by atoms with van der Waals surface area (Å²) in [6, 6.07) is 10.7. The van der Waals surface area contributed by atoms with Crippen LogP contribution in [0.25, 0.3) is 0 Å². The van der Waals surface area contributed by atoms with E-state index in [0.29, 0.717) is 11.4 Å². The van der Waals surface area contributed by atoms with Crippen molar-refractivity contribution in [3.63, 3.8) is 0 Å². The van der Waals surface area contributed by atoms with Crippen LogP contribution in [-0.4, -0.2) is 46.4 Å². The Hall–Kier alpha value is -3.21. The third-order valence-electron chi connectivity index (χ3n) is 2.97. The zero-order chi connectivity index (χ0) is 23.4. The van der Waals surface area contributed by atoms with Crippen LogP contribution in [0, 0.1) is 17.0 Å². The van der Waals surface area contributed by atoms with E-state index in [0.717, 1.165) is 12.6 Å². The highest BCUT2D eigenvalue weighted by molar-refractivity contribution is 5.96. The van der Waals surface area contributed by atoms with Gasteiger partial charge in [-0.1, -0.05) is 17.7 Å². The van der Waals surface area contributed by atoms with Crippen LogP contribution in [0.3, 0.4) is 0 Å². The van der Waals surface area contributed by atoms with E-state index in [4.69, 9.17) is 14.9 Å².